The molecule has 2 aromatic rings. The van der Waals surface area contributed by atoms with Gasteiger partial charge >= 0.3 is 0 Å². The van der Waals surface area contributed by atoms with Gasteiger partial charge in [-0.1, -0.05) is 23.7 Å². The lowest BCUT2D eigenvalue weighted by molar-refractivity contribution is -0.121. The summed E-state index contributed by atoms with van der Waals surface area (Å²) in [5, 5.41) is 7.05. The molecule has 1 unspecified atom stereocenters. The maximum absolute atomic E-state index is 12.1. The highest BCUT2D eigenvalue weighted by Crippen LogP contribution is 2.19. The Balaban J connectivity index is 1.79. The van der Waals surface area contributed by atoms with Gasteiger partial charge in [-0.25, -0.2) is 13.1 Å². The second-order valence-corrected chi connectivity index (χ2v) is 8.31. The van der Waals surface area contributed by atoms with Crippen LogP contribution in [0.1, 0.15) is 18.9 Å². The lowest BCUT2D eigenvalue weighted by atomic mass is 10.1. The van der Waals surface area contributed by atoms with Gasteiger partial charge in [-0.05, 0) is 47.9 Å². The number of sulfonamides is 1. The molecule has 24 heavy (non-hydrogen) atoms. The Morgan fingerprint density at radius 3 is 2.71 bits per heavy atom. The molecule has 1 aromatic carbocycles. The van der Waals surface area contributed by atoms with E-state index in [1.807, 2.05) is 23.8 Å². The highest BCUT2D eigenvalue weighted by Gasteiger charge is 2.17. The zero-order valence-electron chi connectivity index (χ0n) is 13.2. The number of rotatable bonds is 8. The number of amides is 1. The molecule has 0 fully saturated rings. The van der Waals surface area contributed by atoms with E-state index in [0.717, 1.165) is 6.42 Å². The van der Waals surface area contributed by atoms with Crippen LogP contribution < -0.4 is 10.0 Å². The maximum Gasteiger partial charge on any atom is 0.242 e. The predicted molar refractivity (Wildman–Crippen MR) is 96.9 cm³/mol. The number of nitrogens with one attached hydrogen (secondary N) is 2. The highest BCUT2D eigenvalue weighted by molar-refractivity contribution is 7.89. The number of halogens is 1. The lowest BCUT2D eigenvalue weighted by Crippen LogP contribution is -2.36. The zero-order valence-corrected chi connectivity index (χ0v) is 15.5. The third-order valence-electron chi connectivity index (χ3n) is 3.30. The number of carbonyl (C=O) groups is 1. The van der Waals surface area contributed by atoms with Crippen molar-refractivity contribution in [1.29, 1.82) is 0 Å². The molecule has 0 spiro atoms. The minimum absolute atomic E-state index is 0.00715. The summed E-state index contributed by atoms with van der Waals surface area (Å²) in [5.41, 5.74) is 1.17. The summed E-state index contributed by atoms with van der Waals surface area (Å²) in [7, 11) is -3.72. The van der Waals surface area contributed by atoms with Crippen LogP contribution in [-0.2, 0) is 21.2 Å². The van der Waals surface area contributed by atoms with Crippen molar-refractivity contribution >= 4 is 38.9 Å². The number of hydrogen-bond donors (Lipinski definition) is 2. The van der Waals surface area contributed by atoms with Gasteiger partial charge in [0.15, 0.2) is 0 Å². The number of benzene rings is 1. The molecule has 1 amide bonds. The smallest absolute Gasteiger partial charge is 0.242 e. The van der Waals surface area contributed by atoms with E-state index < -0.39 is 10.0 Å². The molecule has 2 rings (SSSR count). The van der Waals surface area contributed by atoms with Gasteiger partial charge < -0.3 is 5.32 Å². The van der Waals surface area contributed by atoms with Crippen molar-refractivity contribution in [2.75, 3.05) is 6.54 Å². The van der Waals surface area contributed by atoms with Crippen LogP contribution in [0.3, 0.4) is 0 Å². The van der Waals surface area contributed by atoms with E-state index in [2.05, 4.69) is 10.0 Å². The van der Waals surface area contributed by atoms with Crippen molar-refractivity contribution < 1.29 is 13.2 Å². The van der Waals surface area contributed by atoms with Crippen molar-refractivity contribution in [2.24, 2.45) is 0 Å². The van der Waals surface area contributed by atoms with E-state index >= 15 is 0 Å². The summed E-state index contributed by atoms with van der Waals surface area (Å²) in [4.78, 5) is 11.9. The molecule has 0 aliphatic carbocycles. The zero-order chi connectivity index (χ0) is 17.6. The number of hydrogen-bond acceptors (Lipinski definition) is 4. The lowest BCUT2D eigenvalue weighted by Gasteiger charge is -2.13. The quantitative estimate of drug-likeness (QED) is 0.732. The Kier molecular flexibility index (Phi) is 6.79. The largest absolute Gasteiger partial charge is 0.353 e. The number of carbonyl (C=O) groups excluding carboxylic acids is 1. The Morgan fingerprint density at radius 1 is 1.29 bits per heavy atom. The molecule has 5 nitrogen and oxygen atoms in total. The predicted octanol–water partition coefficient (Wildman–Crippen LogP) is 2.82. The van der Waals surface area contributed by atoms with E-state index in [4.69, 9.17) is 11.6 Å². The van der Waals surface area contributed by atoms with Crippen LogP contribution in [-0.4, -0.2) is 26.9 Å². The maximum atomic E-state index is 12.1. The van der Waals surface area contributed by atoms with Gasteiger partial charge in [-0.15, -0.1) is 0 Å². The Bertz CT molecular complexity index is 776. The average molecular weight is 387 g/mol. The van der Waals surface area contributed by atoms with Crippen LogP contribution in [0.2, 0.25) is 5.02 Å². The molecule has 2 N–H and O–H groups in total. The molecule has 1 aromatic heterocycles. The fourth-order valence-electron chi connectivity index (χ4n) is 2.20. The summed E-state index contributed by atoms with van der Waals surface area (Å²) in [6, 6.07) is 8.20. The molecule has 130 valence electrons. The molecule has 0 aliphatic rings. The van der Waals surface area contributed by atoms with Crippen LogP contribution >= 0.6 is 22.9 Å². The Hall–Kier alpha value is -1.41. The standard InChI is InChI=1S/C16H19ClN2O3S2/c1-12(10-13-7-9-23-11-13)19-16(20)6-8-18-24(21,22)15-5-3-2-4-14(15)17/h2-5,7,9,11-12,18H,6,8,10H2,1H3,(H,19,20). The summed E-state index contributed by atoms with van der Waals surface area (Å²) in [6.45, 7) is 1.94. The SMILES string of the molecule is CC(Cc1ccsc1)NC(=O)CCNS(=O)(=O)c1ccccc1Cl. The minimum Gasteiger partial charge on any atom is -0.353 e. The number of thiophene rings is 1. The molecule has 0 bridgehead atoms. The molecule has 0 radical (unpaired) electrons. The fourth-order valence-corrected chi connectivity index (χ4v) is 4.43. The molecule has 0 aliphatic heterocycles. The van der Waals surface area contributed by atoms with Crippen LogP contribution in [0.15, 0.2) is 46.0 Å². The first-order valence-electron chi connectivity index (χ1n) is 7.43. The highest BCUT2D eigenvalue weighted by atomic mass is 35.5. The summed E-state index contributed by atoms with van der Waals surface area (Å²) in [6.07, 6.45) is 0.818. The monoisotopic (exact) mass is 386 g/mol. The topological polar surface area (TPSA) is 75.3 Å². The van der Waals surface area contributed by atoms with Gasteiger partial charge in [-0.3, -0.25) is 4.79 Å². The molecule has 8 heteroatoms. The first-order chi connectivity index (χ1) is 11.4. The molecule has 0 saturated heterocycles. The Labute approximate surface area is 151 Å². The van der Waals surface area contributed by atoms with Crippen molar-refractivity contribution in [3.8, 4) is 0 Å². The van der Waals surface area contributed by atoms with E-state index in [1.165, 1.54) is 17.7 Å². The second-order valence-electron chi connectivity index (χ2n) is 5.38. The van der Waals surface area contributed by atoms with Crippen molar-refractivity contribution in [1.82, 2.24) is 10.0 Å². The molecule has 1 atom stereocenters. The fraction of sp³-hybridized carbons (Fsp3) is 0.312. The van der Waals surface area contributed by atoms with Crippen LogP contribution in [0.25, 0.3) is 0 Å². The minimum atomic E-state index is -3.72. The van der Waals surface area contributed by atoms with Crippen LogP contribution in [0.4, 0.5) is 0 Å². The third-order valence-corrected chi connectivity index (χ3v) is 5.99. The van der Waals surface area contributed by atoms with Gasteiger partial charge in [0.1, 0.15) is 4.90 Å². The average Bonchev–Trinajstić information content (AvgIpc) is 2.99. The first kappa shape index (κ1) is 18.9. The van der Waals surface area contributed by atoms with E-state index in [9.17, 15) is 13.2 Å². The van der Waals surface area contributed by atoms with Gasteiger partial charge in [0.05, 0.1) is 5.02 Å². The van der Waals surface area contributed by atoms with Crippen LogP contribution in [0, 0.1) is 0 Å². The first-order valence-corrected chi connectivity index (χ1v) is 10.2. The van der Waals surface area contributed by atoms with E-state index in [1.54, 1.807) is 23.5 Å². The molecular formula is C16H19ClN2O3S2. The third kappa shape index (κ3) is 5.59. The second kappa shape index (κ2) is 8.62. The molecule has 0 saturated carbocycles. The normalized spacial score (nSPS) is 12.8. The van der Waals surface area contributed by atoms with Crippen molar-refractivity contribution in [3.05, 3.63) is 51.7 Å². The summed E-state index contributed by atoms with van der Waals surface area (Å²) < 4.78 is 26.7. The summed E-state index contributed by atoms with van der Waals surface area (Å²) in [5.74, 6) is -0.195. The van der Waals surface area contributed by atoms with E-state index in [-0.39, 0.29) is 34.8 Å². The summed E-state index contributed by atoms with van der Waals surface area (Å²) >= 11 is 7.51. The molecular weight excluding hydrogens is 368 g/mol. The van der Waals surface area contributed by atoms with Crippen molar-refractivity contribution in [2.45, 2.75) is 30.7 Å². The van der Waals surface area contributed by atoms with E-state index in [0.29, 0.717) is 0 Å². The Morgan fingerprint density at radius 2 is 2.04 bits per heavy atom. The van der Waals surface area contributed by atoms with Gasteiger partial charge in [0.25, 0.3) is 0 Å². The van der Waals surface area contributed by atoms with Crippen molar-refractivity contribution in [3.63, 3.8) is 0 Å². The van der Waals surface area contributed by atoms with Gasteiger partial charge in [0, 0.05) is 19.0 Å². The van der Waals surface area contributed by atoms with Gasteiger partial charge in [-0.2, -0.15) is 11.3 Å². The molecule has 1 heterocycles. The van der Waals surface area contributed by atoms with Gasteiger partial charge in [0.2, 0.25) is 15.9 Å². The van der Waals surface area contributed by atoms with Crippen LogP contribution in [0.5, 0.6) is 0 Å².